The van der Waals surface area contributed by atoms with Crippen molar-refractivity contribution in [1.82, 2.24) is 4.98 Å². The van der Waals surface area contributed by atoms with Crippen LogP contribution in [0.3, 0.4) is 0 Å². The van der Waals surface area contributed by atoms with Gasteiger partial charge < -0.3 is 5.11 Å². The fourth-order valence-electron chi connectivity index (χ4n) is 1.25. The van der Waals surface area contributed by atoms with Crippen LogP contribution in [0.25, 0.3) is 0 Å². The first-order valence-corrected chi connectivity index (χ1v) is 7.16. The molecule has 16 heavy (non-hydrogen) atoms. The van der Waals surface area contributed by atoms with Gasteiger partial charge in [0.1, 0.15) is 15.7 Å². The Morgan fingerprint density at radius 1 is 1.38 bits per heavy atom. The first-order valence-electron chi connectivity index (χ1n) is 4.32. The third-order valence-corrected chi connectivity index (χ3v) is 4.42. The summed E-state index contributed by atoms with van der Waals surface area (Å²) in [6.07, 6.45) is -0.790. The van der Waals surface area contributed by atoms with Gasteiger partial charge in [-0.25, -0.2) is 4.98 Å². The highest BCUT2D eigenvalue weighted by Gasteiger charge is 2.17. The molecule has 2 nitrogen and oxygen atoms in total. The van der Waals surface area contributed by atoms with Gasteiger partial charge in [0.05, 0.1) is 0 Å². The molecular weight excluding hydrogens is 377 g/mol. The molecule has 0 fully saturated rings. The summed E-state index contributed by atoms with van der Waals surface area (Å²) in [4.78, 5) is 4.17. The van der Waals surface area contributed by atoms with Crippen molar-refractivity contribution in [2.75, 3.05) is 0 Å². The van der Waals surface area contributed by atoms with Crippen molar-refractivity contribution in [2.45, 2.75) is 6.10 Å². The van der Waals surface area contributed by atoms with Gasteiger partial charge in [-0.05, 0) is 34.1 Å². The summed E-state index contributed by atoms with van der Waals surface area (Å²) in [6.45, 7) is 0. The lowest BCUT2D eigenvalue weighted by Gasteiger charge is -2.10. The van der Waals surface area contributed by atoms with E-state index in [2.05, 4.69) is 36.8 Å². The number of rotatable bonds is 2. The van der Waals surface area contributed by atoms with E-state index in [1.165, 1.54) is 11.3 Å². The molecule has 84 valence electrons. The van der Waals surface area contributed by atoms with Gasteiger partial charge in [-0.15, -0.1) is 11.3 Å². The molecular formula is C10H6Br2ClNOS. The van der Waals surface area contributed by atoms with Crippen LogP contribution in [0.2, 0.25) is 5.02 Å². The Morgan fingerprint density at radius 3 is 2.75 bits per heavy atom. The first kappa shape index (κ1) is 12.5. The van der Waals surface area contributed by atoms with Gasteiger partial charge in [-0.3, -0.25) is 0 Å². The number of benzene rings is 1. The van der Waals surface area contributed by atoms with Crippen LogP contribution < -0.4 is 0 Å². The largest absolute Gasteiger partial charge is 0.381 e. The first-order chi connectivity index (χ1) is 7.58. The van der Waals surface area contributed by atoms with Crippen LogP contribution in [-0.4, -0.2) is 10.1 Å². The lowest BCUT2D eigenvalue weighted by atomic mass is 10.1. The zero-order valence-electron chi connectivity index (χ0n) is 7.82. The minimum absolute atomic E-state index is 0.530. The van der Waals surface area contributed by atoms with Crippen molar-refractivity contribution < 1.29 is 5.11 Å². The van der Waals surface area contributed by atoms with Crippen molar-refractivity contribution in [3.05, 3.63) is 48.2 Å². The highest BCUT2D eigenvalue weighted by Crippen LogP contribution is 2.32. The number of halogens is 3. The Hall–Kier alpha value is 0.0600. The predicted molar refractivity (Wildman–Crippen MR) is 73.0 cm³/mol. The van der Waals surface area contributed by atoms with Crippen molar-refractivity contribution in [2.24, 2.45) is 0 Å². The molecule has 2 aromatic rings. The Balaban J connectivity index is 2.40. The zero-order chi connectivity index (χ0) is 11.7. The van der Waals surface area contributed by atoms with Gasteiger partial charge in [-0.1, -0.05) is 27.5 Å². The summed E-state index contributed by atoms with van der Waals surface area (Å²) in [5.74, 6) is 0. The lowest BCUT2D eigenvalue weighted by Crippen LogP contribution is -1.99. The summed E-state index contributed by atoms with van der Waals surface area (Å²) in [5.41, 5.74) is 0.651. The highest BCUT2D eigenvalue weighted by atomic mass is 79.9. The Bertz CT molecular complexity index is 517. The Kier molecular flexibility index (Phi) is 4.02. The monoisotopic (exact) mass is 381 g/mol. The van der Waals surface area contributed by atoms with Crippen molar-refractivity contribution in [3.8, 4) is 0 Å². The fraction of sp³-hybridized carbons (Fsp3) is 0.100. The van der Waals surface area contributed by atoms with E-state index in [1.807, 2.05) is 11.4 Å². The average molecular weight is 383 g/mol. The van der Waals surface area contributed by atoms with Crippen LogP contribution in [-0.2, 0) is 0 Å². The maximum atomic E-state index is 10.1. The molecule has 0 radical (unpaired) electrons. The van der Waals surface area contributed by atoms with E-state index >= 15 is 0 Å². The van der Waals surface area contributed by atoms with Gasteiger partial charge in [0.25, 0.3) is 0 Å². The molecule has 0 aliphatic heterocycles. The number of thiazole rings is 1. The van der Waals surface area contributed by atoms with Gasteiger partial charge >= 0.3 is 0 Å². The second-order valence-electron chi connectivity index (χ2n) is 3.08. The fourth-order valence-corrected chi connectivity index (χ4v) is 3.12. The molecule has 0 aliphatic rings. The van der Waals surface area contributed by atoms with Gasteiger partial charge in [0, 0.05) is 20.4 Å². The summed E-state index contributed by atoms with van der Waals surface area (Å²) >= 11 is 14.0. The van der Waals surface area contributed by atoms with Gasteiger partial charge in [-0.2, -0.15) is 0 Å². The molecule has 0 amide bonds. The van der Waals surface area contributed by atoms with Crippen LogP contribution in [0.5, 0.6) is 0 Å². The van der Waals surface area contributed by atoms with Crippen molar-refractivity contribution in [1.29, 1.82) is 0 Å². The SMILES string of the molecule is OC(c1nc(Br)cs1)c1cc(Br)ccc1Cl. The molecule has 0 saturated carbocycles. The lowest BCUT2D eigenvalue weighted by molar-refractivity contribution is 0.219. The number of aliphatic hydroxyl groups excluding tert-OH is 1. The number of hydrogen-bond acceptors (Lipinski definition) is 3. The normalized spacial score (nSPS) is 12.8. The Morgan fingerprint density at radius 2 is 2.12 bits per heavy atom. The van der Waals surface area contributed by atoms with Crippen molar-refractivity contribution >= 4 is 54.8 Å². The van der Waals surface area contributed by atoms with E-state index in [9.17, 15) is 5.11 Å². The number of aromatic nitrogens is 1. The molecule has 0 saturated heterocycles. The van der Waals surface area contributed by atoms with E-state index in [1.54, 1.807) is 12.1 Å². The molecule has 1 unspecified atom stereocenters. The predicted octanol–water partition coefficient (Wildman–Crippen LogP) is 4.40. The third-order valence-electron chi connectivity index (χ3n) is 1.98. The van der Waals surface area contributed by atoms with E-state index in [0.29, 0.717) is 15.6 Å². The maximum absolute atomic E-state index is 10.1. The van der Waals surface area contributed by atoms with Crippen LogP contribution in [0.4, 0.5) is 0 Å². The maximum Gasteiger partial charge on any atom is 0.132 e. The molecule has 0 aliphatic carbocycles. The summed E-state index contributed by atoms with van der Waals surface area (Å²) in [5, 5.41) is 13.1. The molecule has 1 aromatic heterocycles. The quantitative estimate of drug-likeness (QED) is 0.834. The minimum atomic E-state index is -0.790. The second kappa shape index (κ2) is 5.14. The standard InChI is InChI=1S/C10H6Br2ClNOS/c11-5-1-2-7(13)6(3-5)9(15)10-14-8(12)4-16-10/h1-4,9,15H. The molecule has 2 rings (SSSR count). The van der Waals surface area contributed by atoms with Crippen LogP contribution in [0.1, 0.15) is 16.7 Å². The minimum Gasteiger partial charge on any atom is -0.381 e. The second-order valence-corrected chi connectivity index (χ2v) is 6.10. The molecule has 1 N–H and O–H groups in total. The molecule has 6 heteroatoms. The number of nitrogens with zero attached hydrogens (tertiary/aromatic N) is 1. The van der Waals surface area contributed by atoms with E-state index in [0.717, 1.165) is 9.08 Å². The Labute approximate surface area is 119 Å². The third kappa shape index (κ3) is 2.65. The highest BCUT2D eigenvalue weighted by molar-refractivity contribution is 9.10. The number of hydrogen-bond donors (Lipinski definition) is 1. The van der Waals surface area contributed by atoms with Gasteiger partial charge in [0.15, 0.2) is 0 Å². The summed E-state index contributed by atoms with van der Waals surface area (Å²) in [6, 6.07) is 5.37. The van der Waals surface area contributed by atoms with Crippen LogP contribution >= 0.6 is 54.8 Å². The zero-order valence-corrected chi connectivity index (χ0v) is 12.6. The summed E-state index contributed by atoms with van der Waals surface area (Å²) in [7, 11) is 0. The van der Waals surface area contributed by atoms with E-state index in [-0.39, 0.29) is 0 Å². The average Bonchev–Trinajstić information content (AvgIpc) is 2.67. The topological polar surface area (TPSA) is 33.1 Å². The molecule has 1 aromatic carbocycles. The molecule has 0 spiro atoms. The summed E-state index contributed by atoms with van der Waals surface area (Å²) < 4.78 is 1.60. The van der Waals surface area contributed by atoms with E-state index in [4.69, 9.17) is 11.6 Å². The molecule has 1 heterocycles. The molecule has 1 atom stereocenters. The van der Waals surface area contributed by atoms with Crippen LogP contribution in [0.15, 0.2) is 32.7 Å². The van der Waals surface area contributed by atoms with Gasteiger partial charge in [0.2, 0.25) is 0 Å². The molecule has 0 bridgehead atoms. The van der Waals surface area contributed by atoms with Crippen molar-refractivity contribution in [3.63, 3.8) is 0 Å². The van der Waals surface area contributed by atoms with E-state index < -0.39 is 6.10 Å². The van der Waals surface area contributed by atoms with Crippen LogP contribution in [0, 0.1) is 0 Å². The number of aliphatic hydroxyl groups is 1. The smallest absolute Gasteiger partial charge is 0.132 e.